The molecule has 2 amide bonds. The zero-order valence-corrected chi connectivity index (χ0v) is 17.0. The van der Waals surface area contributed by atoms with E-state index < -0.39 is 10.0 Å². The van der Waals surface area contributed by atoms with E-state index in [-0.39, 0.29) is 18.4 Å². The lowest BCUT2D eigenvalue weighted by atomic mass is 10.2. The molecule has 0 radical (unpaired) electrons. The lowest BCUT2D eigenvalue weighted by molar-refractivity contribution is -0.117. The Kier molecular flexibility index (Phi) is 6.03. The maximum absolute atomic E-state index is 12.5. The minimum atomic E-state index is -3.44. The second kappa shape index (κ2) is 8.48. The van der Waals surface area contributed by atoms with Crippen molar-refractivity contribution in [1.82, 2.24) is 0 Å². The fourth-order valence-electron chi connectivity index (χ4n) is 3.18. The Hall–Kier alpha value is -3.13. The van der Waals surface area contributed by atoms with Crippen LogP contribution >= 0.6 is 0 Å². The smallest absolute Gasteiger partial charge is 0.255 e. The molecule has 1 aliphatic rings. The lowest BCUT2D eigenvalue weighted by Gasteiger charge is -2.20. The van der Waals surface area contributed by atoms with Gasteiger partial charge in [-0.1, -0.05) is 6.08 Å². The third-order valence-electron chi connectivity index (χ3n) is 4.62. The number of rotatable bonds is 7. The van der Waals surface area contributed by atoms with E-state index in [0.717, 1.165) is 18.4 Å². The highest BCUT2D eigenvalue weighted by Gasteiger charge is 2.21. The van der Waals surface area contributed by atoms with Crippen molar-refractivity contribution in [3.8, 4) is 0 Å². The number of nitrogens with zero attached hydrogens (tertiary/aromatic N) is 2. The van der Waals surface area contributed by atoms with Crippen molar-refractivity contribution in [2.75, 3.05) is 33.9 Å². The summed E-state index contributed by atoms with van der Waals surface area (Å²) in [6, 6.07) is 13.4. The van der Waals surface area contributed by atoms with Gasteiger partial charge in [0.2, 0.25) is 15.9 Å². The maximum Gasteiger partial charge on any atom is 0.255 e. The molecule has 29 heavy (non-hydrogen) atoms. The number of anilines is 3. The van der Waals surface area contributed by atoms with Crippen LogP contribution in [-0.4, -0.2) is 39.6 Å². The highest BCUT2D eigenvalue weighted by Crippen LogP contribution is 2.24. The van der Waals surface area contributed by atoms with E-state index in [9.17, 15) is 18.0 Å². The molecule has 2 aromatic rings. The SMILES string of the molecule is C=CCN(c1ccc(C(=O)Nc2ccc(N3CCCC3=O)cc2)cc1)S(C)(=O)=O. The van der Waals surface area contributed by atoms with Gasteiger partial charge in [0.15, 0.2) is 0 Å². The molecule has 1 saturated heterocycles. The molecule has 152 valence electrons. The molecule has 1 N–H and O–H groups in total. The molecule has 1 heterocycles. The number of carbonyl (C=O) groups is 2. The molecule has 0 aromatic heterocycles. The van der Waals surface area contributed by atoms with Crippen molar-refractivity contribution in [3.63, 3.8) is 0 Å². The van der Waals surface area contributed by atoms with Gasteiger partial charge in [0, 0.05) is 29.9 Å². The van der Waals surface area contributed by atoms with Crippen molar-refractivity contribution < 1.29 is 18.0 Å². The number of amides is 2. The van der Waals surface area contributed by atoms with E-state index in [0.29, 0.717) is 29.9 Å². The average Bonchev–Trinajstić information content (AvgIpc) is 3.12. The van der Waals surface area contributed by atoms with Gasteiger partial charge in [0.25, 0.3) is 5.91 Å². The summed E-state index contributed by atoms with van der Waals surface area (Å²) in [4.78, 5) is 26.0. The number of sulfonamides is 1. The maximum atomic E-state index is 12.5. The van der Waals surface area contributed by atoms with E-state index in [1.54, 1.807) is 53.4 Å². The third kappa shape index (κ3) is 4.83. The van der Waals surface area contributed by atoms with E-state index in [1.165, 1.54) is 10.4 Å². The van der Waals surface area contributed by atoms with Crippen molar-refractivity contribution >= 4 is 38.9 Å². The van der Waals surface area contributed by atoms with Gasteiger partial charge in [-0.2, -0.15) is 0 Å². The van der Waals surface area contributed by atoms with Gasteiger partial charge in [0.1, 0.15) is 0 Å². The highest BCUT2D eigenvalue weighted by atomic mass is 32.2. The van der Waals surface area contributed by atoms with Gasteiger partial charge in [-0.05, 0) is 55.0 Å². The van der Waals surface area contributed by atoms with E-state index in [4.69, 9.17) is 0 Å². The molecule has 8 heteroatoms. The third-order valence-corrected chi connectivity index (χ3v) is 5.78. The molecule has 0 bridgehead atoms. The quantitative estimate of drug-likeness (QED) is 0.707. The Morgan fingerprint density at radius 3 is 2.34 bits per heavy atom. The van der Waals surface area contributed by atoms with E-state index in [1.807, 2.05) is 0 Å². The first kappa shape index (κ1) is 20.6. The summed E-state index contributed by atoms with van der Waals surface area (Å²) < 4.78 is 25.0. The van der Waals surface area contributed by atoms with Crippen LogP contribution in [0.15, 0.2) is 61.2 Å². The zero-order valence-electron chi connectivity index (χ0n) is 16.2. The summed E-state index contributed by atoms with van der Waals surface area (Å²) in [5.41, 5.74) is 2.29. The molecular formula is C21H23N3O4S. The zero-order chi connectivity index (χ0) is 21.0. The van der Waals surface area contributed by atoms with Crippen LogP contribution in [0.4, 0.5) is 17.1 Å². The van der Waals surface area contributed by atoms with Gasteiger partial charge in [-0.25, -0.2) is 8.42 Å². The van der Waals surface area contributed by atoms with Crippen LogP contribution in [0.25, 0.3) is 0 Å². The lowest BCUT2D eigenvalue weighted by Crippen LogP contribution is -2.29. The molecule has 2 aromatic carbocycles. The van der Waals surface area contributed by atoms with E-state index >= 15 is 0 Å². The Labute approximate surface area is 170 Å². The first-order chi connectivity index (χ1) is 13.8. The van der Waals surface area contributed by atoms with Crippen LogP contribution in [0.3, 0.4) is 0 Å². The molecule has 1 aliphatic heterocycles. The van der Waals surface area contributed by atoms with Crippen LogP contribution in [0.2, 0.25) is 0 Å². The molecular weight excluding hydrogens is 390 g/mol. The summed E-state index contributed by atoms with van der Waals surface area (Å²) in [5.74, 6) is -0.197. The molecule has 3 rings (SSSR count). The number of carbonyl (C=O) groups excluding carboxylic acids is 2. The first-order valence-electron chi connectivity index (χ1n) is 9.20. The van der Waals surface area contributed by atoms with Gasteiger partial charge in [0.05, 0.1) is 18.5 Å². The highest BCUT2D eigenvalue weighted by molar-refractivity contribution is 7.92. The van der Waals surface area contributed by atoms with Crippen molar-refractivity contribution in [3.05, 3.63) is 66.7 Å². The first-order valence-corrected chi connectivity index (χ1v) is 11.0. The minimum Gasteiger partial charge on any atom is -0.322 e. The number of hydrogen-bond donors (Lipinski definition) is 1. The average molecular weight is 413 g/mol. The fourth-order valence-corrected chi connectivity index (χ4v) is 4.06. The Bertz CT molecular complexity index is 1010. The second-order valence-corrected chi connectivity index (χ2v) is 8.69. The molecule has 7 nitrogen and oxygen atoms in total. The number of hydrogen-bond acceptors (Lipinski definition) is 4. The van der Waals surface area contributed by atoms with Gasteiger partial charge >= 0.3 is 0 Å². The number of nitrogens with one attached hydrogen (secondary N) is 1. The minimum absolute atomic E-state index is 0.112. The van der Waals surface area contributed by atoms with Crippen LogP contribution in [0.5, 0.6) is 0 Å². The summed E-state index contributed by atoms with van der Waals surface area (Å²) in [6.45, 7) is 4.44. The molecule has 0 aliphatic carbocycles. The van der Waals surface area contributed by atoms with Crippen LogP contribution in [0, 0.1) is 0 Å². The monoisotopic (exact) mass is 413 g/mol. The van der Waals surface area contributed by atoms with Gasteiger partial charge < -0.3 is 10.2 Å². The predicted molar refractivity (Wildman–Crippen MR) is 115 cm³/mol. The van der Waals surface area contributed by atoms with Crippen LogP contribution in [0.1, 0.15) is 23.2 Å². The molecule has 0 atom stereocenters. The Morgan fingerprint density at radius 1 is 1.17 bits per heavy atom. The van der Waals surface area contributed by atoms with Crippen molar-refractivity contribution in [1.29, 1.82) is 0 Å². The normalized spacial score (nSPS) is 14.0. The largest absolute Gasteiger partial charge is 0.322 e. The summed E-state index contributed by atoms with van der Waals surface area (Å²) in [6.07, 6.45) is 4.05. The molecule has 1 fully saturated rings. The molecule has 0 unspecified atom stereocenters. The van der Waals surface area contributed by atoms with E-state index in [2.05, 4.69) is 11.9 Å². The van der Waals surface area contributed by atoms with Crippen molar-refractivity contribution in [2.45, 2.75) is 12.8 Å². The van der Waals surface area contributed by atoms with Crippen LogP contribution < -0.4 is 14.5 Å². The molecule has 0 saturated carbocycles. The second-order valence-electron chi connectivity index (χ2n) is 6.78. The predicted octanol–water partition coefficient (Wildman–Crippen LogP) is 3.02. The van der Waals surface area contributed by atoms with Gasteiger partial charge in [-0.15, -0.1) is 6.58 Å². The van der Waals surface area contributed by atoms with Gasteiger partial charge in [-0.3, -0.25) is 13.9 Å². The number of benzene rings is 2. The molecule has 0 spiro atoms. The van der Waals surface area contributed by atoms with Crippen molar-refractivity contribution in [2.24, 2.45) is 0 Å². The topological polar surface area (TPSA) is 86.8 Å². The Morgan fingerprint density at radius 2 is 1.83 bits per heavy atom. The summed E-state index contributed by atoms with van der Waals surface area (Å²) in [7, 11) is -3.44. The Balaban J connectivity index is 1.69. The summed E-state index contributed by atoms with van der Waals surface area (Å²) >= 11 is 0. The standard InChI is InChI=1S/C21H23N3O4S/c1-3-14-24(29(2,27)28)19-10-6-16(7-11-19)21(26)22-17-8-12-18(13-9-17)23-15-4-5-20(23)25/h3,6-13H,1,4-5,14-15H2,2H3,(H,22,26). The van der Waals surface area contributed by atoms with Crippen LogP contribution in [-0.2, 0) is 14.8 Å². The summed E-state index contributed by atoms with van der Waals surface area (Å²) in [5, 5.41) is 2.80. The fraction of sp³-hybridized carbons (Fsp3) is 0.238.